The third kappa shape index (κ3) is 3.44. The van der Waals surface area contributed by atoms with E-state index >= 15 is 0 Å². The van der Waals surface area contributed by atoms with E-state index in [1.165, 1.54) is 0 Å². The summed E-state index contributed by atoms with van der Waals surface area (Å²) >= 11 is 0. The largest absolute Gasteiger partial charge is 0.337 e. The number of hydrogen-bond acceptors (Lipinski definition) is 4. The molecule has 1 fully saturated rings. The fourth-order valence-corrected chi connectivity index (χ4v) is 4.22. The zero-order chi connectivity index (χ0) is 19.6. The zero-order valence-electron chi connectivity index (χ0n) is 16.4. The lowest BCUT2D eigenvalue weighted by Gasteiger charge is -2.32. The molecule has 1 aliphatic rings. The Kier molecular flexibility index (Phi) is 4.99. The first-order chi connectivity index (χ1) is 13.6. The molecule has 0 unspecified atom stereocenters. The summed E-state index contributed by atoms with van der Waals surface area (Å²) in [5, 5.41) is 4.09. The molecule has 0 radical (unpaired) electrons. The van der Waals surface area contributed by atoms with E-state index in [1.807, 2.05) is 56.4 Å². The number of nitrogens with zero attached hydrogens (tertiary/aromatic N) is 3. The van der Waals surface area contributed by atoms with Gasteiger partial charge in [0, 0.05) is 12.6 Å². The second-order valence-electron chi connectivity index (χ2n) is 7.70. The van der Waals surface area contributed by atoms with Gasteiger partial charge in [0.05, 0.1) is 12.0 Å². The Hall–Kier alpha value is -2.95. The normalized spacial score (nSPS) is 15.5. The molecule has 0 N–H and O–H groups in total. The number of aryl methyl sites for hydroxylation is 1. The Morgan fingerprint density at radius 2 is 1.86 bits per heavy atom. The number of amides is 1. The van der Waals surface area contributed by atoms with Gasteiger partial charge in [-0.3, -0.25) is 4.79 Å². The summed E-state index contributed by atoms with van der Waals surface area (Å²) in [6.07, 6.45) is 3.93. The molecule has 0 saturated heterocycles. The molecule has 0 atom stereocenters. The van der Waals surface area contributed by atoms with Crippen LogP contribution in [0.3, 0.4) is 0 Å². The molecular formula is C23H25N3O2. The van der Waals surface area contributed by atoms with Gasteiger partial charge in [0.15, 0.2) is 0 Å². The van der Waals surface area contributed by atoms with Gasteiger partial charge < -0.3 is 9.42 Å². The van der Waals surface area contributed by atoms with Crippen molar-refractivity contribution in [2.24, 2.45) is 0 Å². The SMILES string of the molecule is Cc1cccc(-c2noc(CN(C)C(=O)C3(c4ccccc4)CCCC3)n2)c1. The molecule has 3 aromatic rings. The quantitative estimate of drug-likeness (QED) is 0.658. The van der Waals surface area contributed by atoms with Crippen LogP contribution in [0.1, 0.15) is 42.7 Å². The fraction of sp³-hybridized carbons (Fsp3) is 0.348. The Balaban J connectivity index is 1.53. The van der Waals surface area contributed by atoms with Crippen molar-refractivity contribution in [1.82, 2.24) is 15.0 Å². The van der Waals surface area contributed by atoms with E-state index < -0.39 is 5.41 Å². The highest BCUT2D eigenvalue weighted by Gasteiger charge is 2.44. The lowest BCUT2D eigenvalue weighted by atomic mass is 9.77. The molecule has 1 heterocycles. The maximum Gasteiger partial charge on any atom is 0.246 e. The van der Waals surface area contributed by atoms with Crippen LogP contribution in [-0.4, -0.2) is 28.0 Å². The summed E-state index contributed by atoms with van der Waals surface area (Å²) in [6, 6.07) is 18.1. The van der Waals surface area contributed by atoms with Gasteiger partial charge in [-0.15, -0.1) is 0 Å². The van der Waals surface area contributed by atoms with Gasteiger partial charge >= 0.3 is 0 Å². The van der Waals surface area contributed by atoms with E-state index in [9.17, 15) is 4.79 Å². The van der Waals surface area contributed by atoms with Crippen molar-refractivity contribution in [2.75, 3.05) is 7.05 Å². The Morgan fingerprint density at radius 1 is 1.11 bits per heavy atom. The molecule has 4 rings (SSSR count). The number of rotatable bonds is 5. The number of likely N-dealkylation sites (N-methyl/N-ethyl adjacent to an activating group) is 1. The van der Waals surface area contributed by atoms with E-state index in [-0.39, 0.29) is 5.91 Å². The monoisotopic (exact) mass is 375 g/mol. The molecule has 1 aromatic heterocycles. The molecule has 1 amide bonds. The van der Waals surface area contributed by atoms with Crippen LogP contribution in [0.25, 0.3) is 11.4 Å². The van der Waals surface area contributed by atoms with Crippen LogP contribution < -0.4 is 0 Å². The van der Waals surface area contributed by atoms with Crippen LogP contribution in [0.15, 0.2) is 59.1 Å². The highest BCUT2D eigenvalue weighted by Crippen LogP contribution is 2.42. The summed E-state index contributed by atoms with van der Waals surface area (Å²) in [5.41, 5.74) is 2.73. The van der Waals surface area contributed by atoms with Crippen molar-refractivity contribution in [3.63, 3.8) is 0 Å². The first kappa shape index (κ1) is 18.4. The summed E-state index contributed by atoms with van der Waals surface area (Å²) in [5.74, 6) is 1.14. The van der Waals surface area contributed by atoms with Gasteiger partial charge in [-0.25, -0.2) is 0 Å². The van der Waals surface area contributed by atoms with E-state index in [2.05, 4.69) is 22.3 Å². The van der Waals surface area contributed by atoms with Gasteiger partial charge in [0.1, 0.15) is 0 Å². The Labute approximate surface area is 165 Å². The third-order valence-electron chi connectivity index (χ3n) is 5.66. The van der Waals surface area contributed by atoms with Gasteiger partial charge in [-0.05, 0) is 31.4 Å². The third-order valence-corrected chi connectivity index (χ3v) is 5.66. The minimum atomic E-state index is -0.435. The topological polar surface area (TPSA) is 59.2 Å². The maximum atomic E-state index is 13.4. The van der Waals surface area contributed by atoms with Crippen LogP contribution in [-0.2, 0) is 16.8 Å². The first-order valence-electron chi connectivity index (χ1n) is 9.79. The molecule has 0 bridgehead atoms. The second kappa shape index (κ2) is 7.58. The van der Waals surface area contributed by atoms with Crippen LogP contribution in [0, 0.1) is 6.92 Å². The minimum absolute atomic E-state index is 0.131. The number of benzene rings is 2. The van der Waals surface area contributed by atoms with Crippen molar-refractivity contribution in [3.8, 4) is 11.4 Å². The molecule has 1 aliphatic carbocycles. The standard InChI is InChI=1S/C23H25N3O2/c1-17-9-8-10-18(15-17)21-24-20(28-25-21)16-26(2)22(27)23(13-6-7-14-23)19-11-4-3-5-12-19/h3-5,8-12,15H,6-7,13-14,16H2,1-2H3. The summed E-state index contributed by atoms with van der Waals surface area (Å²) in [7, 11) is 1.82. The lowest BCUT2D eigenvalue weighted by Crippen LogP contribution is -2.43. The van der Waals surface area contributed by atoms with Crippen LogP contribution in [0.4, 0.5) is 0 Å². The number of carbonyl (C=O) groups is 1. The average Bonchev–Trinajstić information content (AvgIpc) is 3.39. The predicted octanol–water partition coefficient (Wildman–Crippen LogP) is 4.52. The van der Waals surface area contributed by atoms with E-state index in [1.54, 1.807) is 4.90 Å². The molecule has 1 saturated carbocycles. The number of carbonyl (C=O) groups excluding carboxylic acids is 1. The highest BCUT2D eigenvalue weighted by molar-refractivity contribution is 5.88. The molecule has 2 aromatic carbocycles. The summed E-state index contributed by atoms with van der Waals surface area (Å²) in [6.45, 7) is 2.34. The van der Waals surface area contributed by atoms with Crippen molar-refractivity contribution < 1.29 is 9.32 Å². The second-order valence-corrected chi connectivity index (χ2v) is 7.70. The lowest BCUT2D eigenvalue weighted by molar-refractivity contribution is -0.136. The van der Waals surface area contributed by atoms with E-state index in [0.717, 1.165) is 42.4 Å². The van der Waals surface area contributed by atoms with Crippen molar-refractivity contribution in [1.29, 1.82) is 0 Å². The van der Waals surface area contributed by atoms with Crippen molar-refractivity contribution in [3.05, 3.63) is 71.6 Å². The van der Waals surface area contributed by atoms with Crippen LogP contribution >= 0.6 is 0 Å². The molecule has 28 heavy (non-hydrogen) atoms. The molecule has 144 valence electrons. The summed E-state index contributed by atoms with van der Waals surface area (Å²) in [4.78, 5) is 19.7. The molecule has 5 heteroatoms. The molecular weight excluding hydrogens is 350 g/mol. The number of hydrogen-bond donors (Lipinski definition) is 0. The maximum absolute atomic E-state index is 13.4. The molecule has 0 spiro atoms. The molecule has 0 aliphatic heterocycles. The van der Waals surface area contributed by atoms with Crippen molar-refractivity contribution in [2.45, 2.75) is 44.6 Å². The fourth-order valence-electron chi connectivity index (χ4n) is 4.22. The highest BCUT2D eigenvalue weighted by atomic mass is 16.5. The predicted molar refractivity (Wildman–Crippen MR) is 108 cm³/mol. The van der Waals surface area contributed by atoms with Gasteiger partial charge in [-0.2, -0.15) is 4.98 Å². The minimum Gasteiger partial charge on any atom is -0.337 e. The molecule has 5 nitrogen and oxygen atoms in total. The zero-order valence-corrected chi connectivity index (χ0v) is 16.4. The Morgan fingerprint density at radius 3 is 2.57 bits per heavy atom. The first-order valence-corrected chi connectivity index (χ1v) is 9.79. The van der Waals surface area contributed by atoms with Gasteiger partial charge in [0.2, 0.25) is 17.6 Å². The van der Waals surface area contributed by atoms with E-state index in [0.29, 0.717) is 18.3 Å². The smallest absolute Gasteiger partial charge is 0.246 e. The van der Waals surface area contributed by atoms with Gasteiger partial charge in [0.25, 0.3) is 0 Å². The van der Waals surface area contributed by atoms with Crippen molar-refractivity contribution >= 4 is 5.91 Å². The number of aromatic nitrogens is 2. The average molecular weight is 375 g/mol. The Bertz CT molecular complexity index is 959. The summed E-state index contributed by atoms with van der Waals surface area (Å²) < 4.78 is 5.43. The van der Waals surface area contributed by atoms with Crippen LogP contribution in [0.5, 0.6) is 0 Å². The van der Waals surface area contributed by atoms with Crippen LogP contribution in [0.2, 0.25) is 0 Å². The van der Waals surface area contributed by atoms with Gasteiger partial charge in [-0.1, -0.05) is 72.1 Å². The van der Waals surface area contributed by atoms with E-state index in [4.69, 9.17) is 4.52 Å².